The lowest BCUT2D eigenvalue weighted by Crippen LogP contribution is -2.37. The highest BCUT2D eigenvalue weighted by Crippen LogP contribution is 2.09. The summed E-state index contributed by atoms with van der Waals surface area (Å²) in [5.74, 6) is 0.866. The highest BCUT2D eigenvalue weighted by atomic mass is 127. The summed E-state index contributed by atoms with van der Waals surface area (Å²) in [5.41, 5.74) is 1.85. The van der Waals surface area contributed by atoms with E-state index < -0.39 is 0 Å². The first kappa shape index (κ1) is 23.4. The first-order chi connectivity index (χ1) is 12.7. The molecule has 1 heterocycles. The lowest BCUT2D eigenvalue weighted by Gasteiger charge is -2.18. The third kappa shape index (κ3) is 7.50. The molecule has 1 aromatic heterocycles. The van der Waals surface area contributed by atoms with E-state index in [9.17, 15) is 4.79 Å². The third-order valence-corrected chi connectivity index (χ3v) is 5.12. The van der Waals surface area contributed by atoms with E-state index in [4.69, 9.17) is 0 Å². The Bertz CT molecular complexity index is 697. The maximum atomic E-state index is 12.3. The Labute approximate surface area is 183 Å². The van der Waals surface area contributed by atoms with E-state index in [1.165, 1.54) is 4.88 Å². The Kier molecular flexibility index (Phi) is 11.0. The number of hydrogen-bond acceptors (Lipinski definition) is 3. The Balaban J connectivity index is 0.00000364. The average Bonchev–Trinajstić information content (AvgIpc) is 3.19. The fourth-order valence-corrected chi connectivity index (χ4v) is 3.33. The summed E-state index contributed by atoms with van der Waals surface area (Å²) in [6, 6.07) is 12.0. The number of carbonyl (C=O) groups excluding carboxylic acids is 1. The topological polar surface area (TPSA) is 56.7 Å². The van der Waals surface area contributed by atoms with Crippen LogP contribution in [0.2, 0.25) is 0 Å². The van der Waals surface area contributed by atoms with Crippen LogP contribution in [0.15, 0.2) is 46.8 Å². The predicted molar refractivity (Wildman–Crippen MR) is 125 cm³/mol. The molecule has 7 heteroatoms. The normalized spacial score (nSPS) is 10.9. The molecule has 0 spiro atoms. The van der Waals surface area contributed by atoms with Gasteiger partial charge in [-0.2, -0.15) is 0 Å². The van der Waals surface area contributed by atoms with Crippen molar-refractivity contribution in [1.82, 2.24) is 15.5 Å². The van der Waals surface area contributed by atoms with Gasteiger partial charge in [-0.1, -0.05) is 18.2 Å². The molecular weight excluding hydrogens is 471 g/mol. The second-order valence-electron chi connectivity index (χ2n) is 5.86. The Morgan fingerprint density at radius 1 is 1.11 bits per heavy atom. The van der Waals surface area contributed by atoms with Crippen molar-refractivity contribution in [3.05, 3.63) is 57.8 Å². The summed E-state index contributed by atoms with van der Waals surface area (Å²) < 4.78 is 0. The second kappa shape index (κ2) is 12.7. The summed E-state index contributed by atoms with van der Waals surface area (Å²) in [4.78, 5) is 19.8. The van der Waals surface area contributed by atoms with Gasteiger partial charge < -0.3 is 15.5 Å². The summed E-state index contributed by atoms with van der Waals surface area (Å²) in [6.45, 7) is 6.96. The van der Waals surface area contributed by atoms with Crippen molar-refractivity contribution in [3.63, 3.8) is 0 Å². The van der Waals surface area contributed by atoms with Crippen molar-refractivity contribution in [1.29, 1.82) is 0 Å². The third-order valence-electron chi connectivity index (χ3n) is 4.18. The number of guanidine groups is 1. The lowest BCUT2D eigenvalue weighted by molar-refractivity contribution is 0.0773. The van der Waals surface area contributed by atoms with Crippen LogP contribution in [0, 0.1) is 0 Å². The van der Waals surface area contributed by atoms with Crippen LogP contribution in [0.1, 0.15) is 34.6 Å². The molecule has 0 aliphatic heterocycles. The molecule has 2 rings (SSSR count). The zero-order valence-electron chi connectivity index (χ0n) is 16.2. The van der Waals surface area contributed by atoms with Crippen LogP contribution in [0.3, 0.4) is 0 Å². The number of amides is 1. The standard InChI is InChI=1S/C20H28N4OS.HI/c1-4-24(5-2)19(25)17-10-8-16(9-11-17)15-23-20(21-3)22-13-12-18-7-6-14-26-18;/h6-11,14H,4-5,12-13,15H2,1-3H3,(H2,21,22,23);1H. The molecule has 2 aromatic rings. The van der Waals surface area contributed by atoms with Crippen molar-refractivity contribution >= 4 is 47.2 Å². The van der Waals surface area contributed by atoms with Gasteiger partial charge in [0.2, 0.25) is 0 Å². The summed E-state index contributed by atoms with van der Waals surface area (Å²) in [7, 11) is 1.77. The first-order valence-electron chi connectivity index (χ1n) is 9.03. The molecule has 0 unspecified atom stereocenters. The molecule has 27 heavy (non-hydrogen) atoms. The SMILES string of the molecule is CCN(CC)C(=O)c1ccc(CNC(=NC)NCCc2cccs2)cc1.I. The molecule has 148 valence electrons. The summed E-state index contributed by atoms with van der Waals surface area (Å²) >= 11 is 1.77. The molecule has 0 aliphatic carbocycles. The first-order valence-corrected chi connectivity index (χ1v) is 9.91. The van der Waals surface area contributed by atoms with Crippen LogP contribution < -0.4 is 10.6 Å². The summed E-state index contributed by atoms with van der Waals surface area (Å²) in [6.07, 6.45) is 0.987. The fraction of sp³-hybridized carbons (Fsp3) is 0.400. The fourth-order valence-electron chi connectivity index (χ4n) is 2.62. The number of nitrogens with one attached hydrogen (secondary N) is 2. The molecule has 0 atom stereocenters. The molecule has 0 aliphatic rings. The van der Waals surface area contributed by atoms with E-state index in [1.54, 1.807) is 18.4 Å². The molecule has 0 saturated heterocycles. The van der Waals surface area contributed by atoms with E-state index in [0.717, 1.165) is 43.1 Å². The van der Waals surface area contributed by atoms with E-state index in [1.807, 2.05) is 43.0 Å². The van der Waals surface area contributed by atoms with Gasteiger partial charge in [0, 0.05) is 43.7 Å². The van der Waals surface area contributed by atoms with Crippen molar-refractivity contribution in [2.24, 2.45) is 4.99 Å². The van der Waals surface area contributed by atoms with E-state index in [2.05, 4.69) is 33.1 Å². The molecule has 1 amide bonds. The van der Waals surface area contributed by atoms with Crippen molar-refractivity contribution in [2.75, 3.05) is 26.7 Å². The van der Waals surface area contributed by atoms with Gasteiger partial charge in [-0.3, -0.25) is 9.79 Å². The number of rotatable bonds is 8. The van der Waals surface area contributed by atoms with Crippen molar-refractivity contribution in [2.45, 2.75) is 26.8 Å². The molecule has 0 saturated carbocycles. The van der Waals surface area contributed by atoms with Gasteiger partial charge in [-0.15, -0.1) is 35.3 Å². The predicted octanol–water partition coefficient (Wildman–Crippen LogP) is 3.76. The monoisotopic (exact) mass is 500 g/mol. The van der Waals surface area contributed by atoms with Crippen molar-refractivity contribution < 1.29 is 4.79 Å². The van der Waals surface area contributed by atoms with Gasteiger partial charge in [-0.05, 0) is 49.4 Å². The molecule has 0 fully saturated rings. The largest absolute Gasteiger partial charge is 0.356 e. The number of nitrogens with zero attached hydrogens (tertiary/aromatic N) is 2. The van der Waals surface area contributed by atoms with Crippen LogP contribution in [0.4, 0.5) is 0 Å². The number of benzene rings is 1. The number of halogens is 1. The minimum absolute atomic E-state index is 0. The molecule has 2 N–H and O–H groups in total. The molecule has 0 radical (unpaired) electrons. The van der Waals surface area contributed by atoms with Crippen molar-refractivity contribution in [3.8, 4) is 0 Å². The Morgan fingerprint density at radius 3 is 2.37 bits per heavy atom. The molecule has 5 nitrogen and oxygen atoms in total. The smallest absolute Gasteiger partial charge is 0.253 e. The van der Waals surface area contributed by atoms with Gasteiger partial charge >= 0.3 is 0 Å². The van der Waals surface area contributed by atoms with E-state index >= 15 is 0 Å². The van der Waals surface area contributed by atoms with Crippen LogP contribution in [0.25, 0.3) is 0 Å². The second-order valence-corrected chi connectivity index (χ2v) is 6.89. The van der Waals surface area contributed by atoms with Gasteiger partial charge in [0.25, 0.3) is 5.91 Å². The maximum Gasteiger partial charge on any atom is 0.253 e. The average molecular weight is 500 g/mol. The Morgan fingerprint density at radius 2 is 1.81 bits per heavy atom. The van der Waals surface area contributed by atoms with Gasteiger partial charge in [0.15, 0.2) is 5.96 Å². The number of carbonyl (C=O) groups is 1. The highest BCUT2D eigenvalue weighted by molar-refractivity contribution is 14.0. The zero-order valence-corrected chi connectivity index (χ0v) is 19.3. The van der Waals surface area contributed by atoms with E-state index in [0.29, 0.717) is 6.54 Å². The minimum atomic E-state index is 0. The quantitative estimate of drug-likeness (QED) is 0.330. The minimum Gasteiger partial charge on any atom is -0.356 e. The van der Waals surface area contributed by atoms with Crippen LogP contribution >= 0.6 is 35.3 Å². The maximum absolute atomic E-state index is 12.3. The van der Waals surface area contributed by atoms with Gasteiger partial charge in [0.05, 0.1) is 0 Å². The zero-order chi connectivity index (χ0) is 18.8. The summed E-state index contributed by atoms with van der Waals surface area (Å²) in [5, 5.41) is 8.72. The highest BCUT2D eigenvalue weighted by Gasteiger charge is 2.11. The van der Waals surface area contributed by atoms with E-state index in [-0.39, 0.29) is 29.9 Å². The Hall–Kier alpha value is -1.61. The van der Waals surface area contributed by atoms with Crippen LogP contribution in [-0.2, 0) is 13.0 Å². The van der Waals surface area contributed by atoms with Gasteiger partial charge in [-0.25, -0.2) is 0 Å². The number of hydrogen-bond donors (Lipinski definition) is 2. The molecule has 0 bridgehead atoms. The van der Waals surface area contributed by atoms with Gasteiger partial charge in [0.1, 0.15) is 0 Å². The lowest BCUT2D eigenvalue weighted by atomic mass is 10.1. The number of thiophene rings is 1. The van der Waals surface area contributed by atoms with Crippen LogP contribution in [-0.4, -0.2) is 43.4 Å². The van der Waals surface area contributed by atoms with Crippen LogP contribution in [0.5, 0.6) is 0 Å². The molecule has 1 aromatic carbocycles. The number of aliphatic imine (C=N–C) groups is 1. The molecular formula is C20H29IN4OS.